The van der Waals surface area contributed by atoms with Crippen LogP contribution in [0.3, 0.4) is 0 Å². The molecule has 758 valence electrons. The highest BCUT2D eigenvalue weighted by molar-refractivity contribution is 9.10. The summed E-state index contributed by atoms with van der Waals surface area (Å²) in [7, 11) is 7.19. The molecular formula is C96H95BrN16O22S10. The number of amides is 10. The van der Waals surface area contributed by atoms with Crippen molar-refractivity contribution in [1.82, 2.24) is 53.9 Å². The van der Waals surface area contributed by atoms with E-state index >= 15 is 0 Å². The molecule has 22 aliphatic rings. The second-order valence-corrected chi connectivity index (χ2v) is 56.5. The maximum atomic E-state index is 13.9. The van der Waals surface area contributed by atoms with Gasteiger partial charge in [-0.1, -0.05) is 97.1 Å². The number of carbonyl (C=O) groups excluding carboxylic acids is 10. The van der Waals surface area contributed by atoms with Crippen molar-refractivity contribution in [3.05, 3.63) is 129 Å². The lowest BCUT2D eigenvalue weighted by Gasteiger charge is -2.58. The van der Waals surface area contributed by atoms with Gasteiger partial charge in [0.25, 0.3) is 64.6 Å². The van der Waals surface area contributed by atoms with Crippen LogP contribution in [0.1, 0.15) is 158 Å². The third kappa shape index (κ3) is 12.1. The number of hydrogen-bond acceptors (Lipinski definition) is 33. The summed E-state index contributed by atoms with van der Waals surface area (Å²) >= 11 is 26.8. The average molecular weight is 2230 g/mol. The number of hydrogen-bond donors (Lipinski definition) is 1. The molecule has 145 heavy (non-hydrogen) atoms. The number of rotatable bonds is 10. The Balaban J connectivity index is 0.000000103. The Hall–Kier alpha value is -10.4. The van der Waals surface area contributed by atoms with E-state index in [0.29, 0.717) is 113 Å². The summed E-state index contributed by atoms with van der Waals surface area (Å²) < 4.78 is 60.8. The minimum atomic E-state index is -1.23. The summed E-state index contributed by atoms with van der Waals surface area (Å²) in [5.74, 6) is 4.28. The number of nitrogens with zero attached hydrogens (tertiary/aromatic N) is 16. The Morgan fingerprint density at radius 3 is 1.14 bits per heavy atom. The third-order valence-corrected chi connectivity index (χ3v) is 54.7. The highest BCUT2D eigenvalue weighted by Crippen LogP contribution is 2.74. The molecule has 10 amide bonds. The average Bonchev–Trinajstić information content (AvgIpc) is 1.39. The van der Waals surface area contributed by atoms with Crippen LogP contribution in [0.15, 0.2) is 89.4 Å². The number of piperazine rings is 5. The molecule has 0 aromatic heterocycles. The highest BCUT2D eigenvalue weighted by atomic mass is 79.9. The molecule has 17 fully saturated rings. The van der Waals surface area contributed by atoms with Crippen LogP contribution in [-0.2, 0) is 135 Å². The van der Waals surface area contributed by atoms with Crippen LogP contribution in [-0.4, -0.2) is 281 Å². The number of ether oxygens (including phenoxy) is 11. The molecule has 22 aliphatic heterocycles. The fraction of sp³-hybridized carbons (Fsp3) is 0.531. The predicted molar refractivity (Wildman–Crippen MR) is 537 cm³/mol. The molecule has 17 saturated heterocycles. The van der Waals surface area contributed by atoms with E-state index in [1.54, 1.807) is 155 Å². The maximum absolute atomic E-state index is 13.9. The number of fused-ring (bicyclic) bond motifs is 11. The van der Waals surface area contributed by atoms with Gasteiger partial charge in [-0.3, -0.25) is 52.8 Å². The monoisotopic (exact) mass is 2220 g/mol. The summed E-state index contributed by atoms with van der Waals surface area (Å²) in [4.78, 5) is 146. The summed E-state index contributed by atoms with van der Waals surface area (Å²) in [5, 5.41) is 50.8. The molecule has 9 unspecified atom stereocenters. The van der Waals surface area contributed by atoms with Gasteiger partial charge in [0.1, 0.15) is 6.04 Å². The molecule has 38 nitrogen and oxygen atoms in total. The van der Waals surface area contributed by atoms with Gasteiger partial charge in [-0.2, -0.15) is 21.0 Å². The van der Waals surface area contributed by atoms with Crippen LogP contribution in [0.5, 0.6) is 57.5 Å². The maximum Gasteiger partial charge on any atom is 0.262 e. The van der Waals surface area contributed by atoms with Crippen molar-refractivity contribution in [3.63, 3.8) is 0 Å². The minimum absolute atomic E-state index is 0.0949. The SMILES string of the molecule is CC[C@@]12SS[C@@]3(C[C@](C)(C#N)C(c4ccc5c(c4)OCO5)N3C1=O)C(=O)N2C.CN1C(=O)[C@@]23C[C@@](C#N)(CCO)C(c4ccc5c(c4)OCO5)N2C(=O)[C@]1(C)S3=S.CN1C(=O)[C@@]23C[C@@](C#N)(CN4CCOCC4)C(c4ccc5c(c4)OCO5)N2C(=O)[C@]1(C)S3=S.CN1C(=O)[C@@]23C[C@](C)(C#N)C(c4ccc5c(c4)OCO5)N2C(=O)[C@]1(C)S3=S.[C-]#[N+][C@@]1(C)C[C@]23C(=O)N(C)[C@](C)(C(=O)N2C1c1cc2c(cc1Br)OCO2)S3=S. The first-order valence-electron chi connectivity index (χ1n) is 46.5. The zero-order valence-electron chi connectivity index (χ0n) is 80.3. The van der Waals surface area contributed by atoms with Crippen LogP contribution in [0, 0.1) is 73.6 Å². The van der Waals surface area contributed by atoms with Gasteiger partial charge in [0.15, 0.2) is 106 Å². The van der Waals surface area contributed by atoms with Crippen LogP contribution in [0.4, 0.5) is 0 Å². The first kappa shape index (κ1) is 99.2. The van der Waals surface area contributed by atoms with E-state index in [1.165, 1.54) is 41.2 Å². The molecule has 0 aliphatic carbocycles. The number of morpholine rings is 1. The Morgan fingerprint density at radius 1 is 0.414 bits per heavy atom. The summed E-state index contributed by atoms with van der Waals surface area (Å²) in [6.45, 7) is 25.7. The van der Waals surface area contributed by atoms with Gasteiger partial charge in [0.05, 0.1) is 89.7 Å². The quantitative estimate of drug-likeness (QED) is 0.106. The first-order valence-corrected chi connectivity index (χ1v) is 58.1. The number of nitriles is 4. The lowest BCUT2D eigenvalue weighted by Crippen LogP contribution is -2.74. The number of benzene rings is 5. The highest BCUT2D eigenvalue weighted by Gasteiger charge is 2.87. The lowest BCUT2D eigenvalue weighted by molar-refractivity contribution is -0.165. The smallest absolute Gasteiger partial charge is 0.262 e. The number of aliphatic hydroxyl groups excluding tert-OH is 1. The Morgan fingerprint density at radius 2 is 0.752 bits per heavy atom. The second-order valence-electron chi connectivity index (χ2n) is 40.9. The lowest BCUT2D eigenvalue weighted by atomic mass is 9.75. The van der Waals surface area contributed by atoms with E-state index in [-0.39, 0.29) is 132 Å². The fourth-order valence-corrected chi connectivity index (χ4v) is 44.5. The molecule has 49 heteroatoms. The summed E-state index contributed by atoms with van der Waals surface area (Å²) in [6, 6.07) is 32.0. The molecular weight excluding hydrogens is 2130 g/mol. The molecule has 10 bridgehead atoms. The number of halogens is 1. The van der Waals surface area contributed by atoms with Gasteiger partial charge in [0.2, 0.25) is 34.0 Å². The standard InChI is InChI=1S/C22H24N4O5S2.C19H19N3O5S2.C19H19N3O4S2.C18H16BrN3O4S2.C18H17N3O4S2/c1-20-18(27)26-17(14-3-4-15-16(9-14)31-13-30-15)21(11-23,12-25-5-7-29-8-6-25)10-22(26,33(20)32)19(28)24(20)2;1-17-15(24)22-14(11-3-4-12-13(7-11)27-10-26-12)18(9-20,5-6-23)8-19(22,29(17)28)16(25)21(17)2;1-4-18-16(24)22-14(11-5-6-12-13(7-11)26-10-25-12)17(2,9-20)8-19(22,28-27-18)15(23)21(18)3;1-16(20-3)7-18-15(24)21(4)17(2,28(18)27)14(23)22(18)13(16)9-5-11-12(6-10(9)19)26-8-25-11;1-16(8-19)7-18-15(23)20(3)17(2,27(18)26)14(22)21(18)13(16)10-4-5-11-12(6-10)25-9-24-11/h3-4,9,17H,5-8,10,12-13H2,1-2H3;3-4,7,14,23H,5-6,8,10H2,1-2H3;5-7,14H,4,8,10H2,1-3H3;5-6,13H,7-8H2,1-2,4H3;4-6,13H,7,9H2,1-3H3/t17?,20-,21+,22-,33?;14?,17-,18+,19-,29?;14?,17-,18-,19+;13?,16-,17-,18-,28?;13?,16-,17+,18+,27?/m00101/s1. The molecule has 5 aromatic carbocycles. The molecule has 5 aromatic rings. The minimum Gasteiger partial charge on any atom is -0.454 e. The number of aliphatic hydroxyl groups is 1. The van der Waals surface area contributed by atoms with E-state index in [0.717, 1.165) is 22.3 Å². The van der Waals surface area contributed by atoms with Gasteiger partial charge >= 0.3 is 0 Å². The van der Waals surface area contributed by atoms with Crippen molar-refractivity contribution in [2.75, 3.05) is 109 Å². The normalized spacial score (nSPS) is 39.6. The van der Waals surface area contributed by atoms with Crippen LogP contribution in [0.2, 0.25) is 0 Å². The summed E-state index contributed by atoms with van der Waals surface area (Å²) in [6.07, 6.45) is 1.75. The third-order valence-electron chi connectivity index (χ3n) is 33.8. The van der Waals surface area contributed by atoms with Crippen LogP contribution in [0.25, 0.3) is 4.85 Å². The van der Waals surface area contributed by atoms with Gasteiger partial charge < -0.3 is 111 Å². The van der Waals surface area contributed by atoms with Gasteiger partial charge in [-0.05, 0) is 192 Å². The topological polar surface area (TPSA) is 428 Å². The van der Waals surface area contributed by atoms with Crippen LogP contribution >= 0.6 is 37.5 Å². The predicted octanol–water partition coefficient (Wildman–Crippen LogP) is 7.26. The molecule has 22 heterocycles. The first-order chi connectivity index (χ1) is 68.7. The number of likely N-dealkylation sites (N-methyl/N-ethyl adjacent to an activating group) is 5. The van der Waals surface area contributed by atoms with Crippen molar-refractivity contribution in [3.8, 4) is 81.8 Å². The largest absolute Gasteiger partial charge is 0.454 e. The van der Waals surface area contributed by atoms with Crippen molar-refractivity contribution in [1.29, 1.82) is 21.0 Å². The Kier molecular flexibility index (Phi) is 22.4. The van der Waals surface area contributed by atoms with E-state index in [2.05, 4.69) is 50.0 Å². The van der Waals surface area contributed by atoms with E-state index < -0.39 is 144 Å². The number of carbonyl (C=O) groups is 10. The zero-order valence-corrected chi connectivity index (χ0v) is 90.1. The van der Waals surface area contributed by atoms with Crippen molar-refractivity contribution in [2.24, 2.45) is 21.7 Å². The van der Waals surface area contributed by atoms with Crippen LogP contribution < -0.4 is 47.4 Å². The second kappa shape index (κ2) is 32.8. The summed E-state index contributed by atoms with van der Waals surface area (Å²) in [5.41, 5.74) is -1.25. The van der Waals surface area contributed by atoms with E-state index in [1.807, 2.05) is 50.2 Å². The van der Waals surface area contributed by atoms with Gasteiger partial charge in [-0.25, -0.2) is 6.57 Å². The van der Waals surface area contributed by atoms with Crippen molar-refractivity contribution < 1.29 is 105 Å². The molecule has 0 radical (unpaired) electrons. The van der Waals surface area contributed by atoms with E-state index in [9.17, 15) is 74.1 Å². The molecule has 27 rings (SSSR count). The Bertz CT molecular complexity index is 7130. The molecule has 0 saturated carbocycles. The molecule has 24 atom stereocenters. The van der Waals surface area contributed by atoms with Crippen molar-refractivity contribution >= 4 is 179 Å². The van der Waals surface area contributed by atoms with E-state index in [4.69, 9.17) is 103 Å². The van der Waals surface area contributed by atoms with Gasteiger partial charge in [0, 0.05) is 104 Å². The molecule has 5 spiro atoms. The van der Waals surface area contributed by atoms with Crippen molar-refractivity contribution in [2.45, 2.75) is 185 Å². The molecule has 1 N–H and O–H groups in total. The fourth-order valence-electron chi connectivity index (χ4n) is 26.1. The zero-order chi connectivity index (χ0) is 103. The van der Waals surface area contributed by atoms with Gasteiger partial charge in [-0.15, -0.1) is 0 Å². The Labute approximate surface area is 877 Å².